The van der Waals surface area contributed by atoms with Gasteiger partial charge in [-0.2, -0.15) is 8.42 Å². The number of ether oxygens (including phenoxy) is 2. The smallest absolute Gasteiger partial charge is 0.264 e. The molecule has 6 heteroatoms. The molecule has 0 aromatic rings. The summed E-state index contributed by atoms with van der Waals surface area (Å²) in [5, 5.41) is 0. The van der Waals surface area contributed by atoms with E-state index in [0.29, 0.717) is 40.6 Å². The van der Waals surface area contributed by atoms with Crippen LogP contribution in [0.3, 0.4) is 0 Å². The van der Waals surface area contributed by atoms with Crippen LogP contribution in [0.1, 0.15) is 91.9 Å². The van der Waals surface area contributed by atoms with Crippen molar-refractivity contribution in [1.29, 1.82) is 0 Å². The van der Waals surface area contributed by atoms with Gasteiger partial charge in [0.1, 0.15) is 0 Å². The lowest BCUT2D eigenvalue weighted by molar-refractivity contribution is -0.273. The van der Waals surface area contributed by atoms with E-state index in [0.717, 1.165) is 50.0 Å². The molecule has 0 amide bonds. The van der Waals surface area contributed by atoms with E-state index in [1.807, 2.05) is 0 Å². The maximum atomic E-state index is 11.7. The Balaban J connectivity index is 1.20. The molecular weight excluding hydrogens is 448 g/mol. The predicted molar refractivity (Wildman–Crippen MR) is 131 cm³/mol. The molecule has 194 valence electrons. The molecule has 5 nitrogen and oxygen atoms in total. The molecule has 0 aromatic carbocycles. The number of rotatable bonds is 2. The molecule has 2 saturated heterocycles. The van der Waals surface area contributed by atoms with Crippen molar-refractivity contribution in [2.24, 2.45) is 52.3 Å². The Hall–Kier alpha value is -0.170. The highest BCUT2D eigenvalue weighted by molar-refractivity contribution is 7.86. The molecule has 2 aliphatic heterocycles. The summed E-state index contributed by atoms with van der Waals surface area (Å²) in [5.41, 5.74) is 0.691. The van der Waals surface area contributed by atoms with Crippen molar-refractivity contribution < 1.29 is 22.1 Å². The lowest BCUT2D eigenvalue weighted by Gasteiger charge is -2.61. The summed E-state index contributed by atoms with van der Waals surface area (Å²) in [4.78, 5) is 0. The van der Waals surface area contributed by atoms with Gasteiger partial charge in [-0.1, -0.05) is 27.7 Å². The van der Waals surface area contributed by atoms with Crippen molar-refractivity contribution in [3.05, 3.63) is 0 Å². The number of hydrogen-bond acceptors (Lipinski definition) is 5. The monoisotopic (exact) mass is 494 g/mol. The fourth-order valence-corrected chi connectivity index (χ4v) is 11.2. The van der Waals surface area contributed by atoms with Gasteiger partial charge in [0.25, 0.3) is 10.1 Å². The van der Waals surface area contributed by atoms with E-state index in [9.17, 15) is 8.42 Å². The van der Waals surface area contributed by atoms with E-state index in [4.69, 9.17) is 13.7 Å². The summed E-state index contributed by atoms with van der Waals surface area (Å²) in [6.45, 7) is 10.7. The summed E-state index contributed by atoms with van der Waals surface area (Å²) < 4.78 is 42.3. The molecule has 6 aliphatic rings. The maximum Gasteiger partial charge on any atom is 0.264 e. The molecule has 34 heavy (non-hydrogen) atoms. The van der Waals surface area contributed by atoms with Crippen LogP contribution in [0.4, 0.5) is 0 Å². The Bertz CT molecular complexity index is 910. The van der Waals surface area contributed by atoms with Crippen molar-refractivity contribution in [1.82, 2.24) is 0 Å². The molecule has 12 atom stereocenters. The van der Waals surface area contributed by atoms with Crippen LogP contribution in [0.2, 0.25) is 0 Å². The first-order chi connectivity index (χ1) is 16.0. The van der Waals surface area contributed by atoms with Crippen LogP contribution >= 0.6 is 0 Å². The molecule has 0 radical (unpaired) electrons. The van der Waals surface area contributed by atoms with E-state index >= 15 is 0 Å². The summed E-state index contributed by atoms with van der Waals surface area (Å²) in [5.74, 6) is 4.32. The van der Waals surface area contributed by atoms with E-state index in [1.54, 1.807) is 0 Å². The minimum absolute atomic E-state index is 0.118. The Kier molecular flexibility index (Phi) is 5.63. The summed E-state index contributed by atoms with van der Waals surface area (Å²) in [6.07, 6.45) is 13.0. The molecule has 1 spiro atoms. The van der Waals surface area contributed by atoms with E-state index < -0.39 is 10.1 Å². The quantitative estimate of drug-likeness (QED) is 0.456. The van der Waals surface area contributed by atoms with Gasteiger partial charge in [-0.05, 0) is 104 Å². The second-order valence-corrected chi connectivity index (χ2v) is 15.5. The highest BCUT2D eigenvalue weighted by atomic mass is 32.2. The third kappa shape index (κ3) is 3.51. The molecule has 6 rings (SSSR count). The zero-order valence-corrected chi connectivity index (χ0v) is 22.7. The first-order valence-corrected chi connectivity index (χ1v) is 16.0. The van der Waals surface area contributed by atoms with E-state index in [-0.39, 0.29) is 11.9 Å². The topological polar surface area (TPSA) is 61.8 Å². The van der Waals surface area contributed by atoms with Gasteiger partial charge < -0.3 is 9.47 Å². The molecule has 0 bridgehead atoms. The standard InChI is InChI=1S/C28H46O5S/c1-17-8-13-28(31-16-17)18(2)25-24(32-28)15-23-21-7-6-19-14-20(33-34(5,29)30)9-11-26(19,3)22(21)10-12-27(23,25)4/h17-25H,6-16H2,1-5H3/t17-,18+,19?,20+,21-,22+,23+,24+,25+,26+,27+,28-/m1/s1. The van der Waals surface area contributed by atoms with Crippen LogP contribution in [0.15, 0.2) is 0 Å². The highest BCUT2D eigenvalue weighted by Crippen LogP contribution is 2.71. The Morgan fingerprint density at radius 2 is 1.65 bits per heavy atom. The minimum atomic E-state index is -3.38. The Labute approximate surface area is 207 Å². The van der Waals surface area contributed by atoms with E-state index in [1.165, 1.54) is 44.8 Å². The zero-order chi connectivity index (χ0) is 24.1. The van der Waals surface area contributed by atoms with Gasteiger partial charge in [0, 0.05) is 12.3 Å². The molecule has 4 aliphatic carbocycles. The first kappa shape index (κ1) is 24.2. The molecule has 0 aromatic heterocycles. The lowest BCUT2D eigenvalue weighted by atomic mass is 9.44. The van der Waals surface area contributed by atoms with Crippen molar-refractivity contribution in [2.75, 3.05) is 12.9 Å². The molecule has 2 heterocycles. The van der Waals surface area contributed by atoms with Crippen LogP contribution < -0.4 is 0 Å². The van der Waals surface area contributed by atoms with Gasteiger partial charge in [0.05, 0.1) is 25.1 Å². The first-order valence-electron chi connectivity index (χ1n) is 14.2. The SMILES string of the molecule is C[C@@H]1CC[C@@]2(OC1)O[C@H]1C[C@H]3[C@@H]4CCC5C[C@@H](OS(C)(=O)=O)CC[C@]5(C)[C@H]4CC[C@]3(C)[C@H]1[C@@H]2C. The normalized spacial score (nSPS) is 57.0. The molecule has 1 unspecified atom stereocenters. The fraction of sp³-hybridized carbons (Fsp3) is 1.00. The average Bonchev–Trinajstić information content (AvgIpc) is 3.20. The minimum Gasteiger partial charge on any atom is -0.349 e. The van der Waals surface area contributed by atoms with Crippen molar-refractivity contribution in [3.63, 3.8) is 0 Å². The van der Waals surface area contributed by atoms with Gasteiger partial charge >= 0.3 is 0 Å². The maximum absolute atomic E-state index is 11.7. The summed E-state index contributed by atoms with van der Waals surface area (Å²) >= 11 is 0. The molecule has 0 N–H and O–H groups in total. The van der Waals surface area contributed by atoms with Crippen LogP contribution in [0.5, 0.6) is 0 Å². The van der Waals surface area contributed by atoms with Gasteiger partial charge in [0.2, 0.25) is 0 Å². The van der Waals surface area contributed by atoms with Crippen LogP contribution in [-0.4, -0.2) is 39.3 Å². The van der Waals surface area contributed by atoms with Crippen LogP contribution in [0, 0.1) is 52.3 Å². The van der Waals surface area contributed by atoms with E-state index in [2.05, 4.69) is 27.7 Å². The second kappa shape index (κ2) is 7.91. The third-order valence-electron chi connectivity index (χ3n) is 12.2. The molecule has 6 fully saturated rings. The lowest BCUT2D eigenvalue weighted by Crippen LogP contribution is -2.55. The van der Waals surface area contributed by atoms with Crippen molar-refractivity contribution in [3.8, 4) is 0 Å². The van der Waals surface area contributed by atoms with Gasteiger partial charge in [-0.3, -0.25) is 4.18 Å². The molecular formula is C28H46O5S. The van der Waals surface area contributed by atoms with Gasteiger partial charge in [-0.25, -0.2) is 0 Å². The van der Waals surface area contributed by atoms with Crippen LogP contribution in [-0.2, 0) is 23.8 Å². The van der Waals surface area contributed by atoms with Crippen molar-refractivity contribution in [2.45, 2.75) is 110 Å². The van der Waals surface area contributed by atoms with Gasteiger partial charge in [0.15, 0.2) is 5.79 Å². The predicted octanol–water partition coefficient (Wildman–Crippen LogP) is 5.78. The number of fused-ring (bicyclic) bond motifs is 7. The highest BCUT2D eigenvalue weighted by Gasteiger charge is 2.69. The largest absolute Gasteiger partial charge is 0.349 e. The number of hydrogen-bond donors (Lipinski definition) is 0. The Morgan fingerprint density at radius 1 is 0.882 bits per heavy atom. The second-order valence-electron chi connectivity index (χ2n) is 13.9. The van der Waals surface area contributed by atoms with Crippen molar-refractivity contribution >= 4 is 10.1 Å². The third-order valence-corrected chi connectivity index (χ3v) is 12.8. The molecule has 4 saturated carbocycles. The van der Waals surface area contributed by atoms with Gasteiger partial charge in [-0.15, -0.1) is 0 Å². The Morgan fingerprint density at radius 3 is 2.35 bits per heavy atom. The average molecular weight is 495 g/mol. The summed E-state index contributed by atoms with van der Waals surface area (Å²) in [7, 11) is -3.38. The zero-order valence-electron chi connectivity index (χ0n) is 21.9. The fourth-order valence-electron chi connectivity index (χ4n) is 10.6. The summed E-state index contributed by atoms with van der Waals surface area (Å²) in [6, 6.07) is 0. The van der Waals surface area contributed by atoms with Crippen LogP contribution in [0.25, 0.3) is 0 Å².